The van der Waals surface area contributed by atoms with Gasteiger partial charge in [-0.15, -0.1) is 12.4 Å². The van der Waals surface area contributed by atoms with Crippen molar-refractivity contribution in [3.8, 4) is 0 Å². The number of nitrogens with zero attached hydrogens (tertiary/aromatic N) is 1. The van der Waals surface area contributed by atoms with Gasteiger partial charge in [0, 0.05) is 25.8 Å². The largest absolute Gasteiger partial charge is 0.399 e. The highest BCUT2D eigenvalue weighted by atomic mass is 35.5. The normalized spacial score (nSPS) is 11.0. The van der Waals surface area contributed by atoms with Gasteiger partial charge in [0.1, 0.15) is 0 Å². The fourth-order valence-electron chi connectivity index (χ4n) is 2.73. The Bertz CT molecular complexity index is 898. The number of anilines is 3. The monoisotopic (exact) mass is 426 g/mol. The van der Waals surface area contributed by atoms with Crippen LogP contribution in [-0.2, 0) is 21.2 Å². The van der Waals surface area contributed by atoms with Gasteiger partial charge in [0.25, 0.3) is 0 Å². The first-order valence-electron chi connectivity index (χ1n) is 8.78. The van der Waals surface area contributed by atoms with Crippen LogP contribution >= 0.6 is 12.4 Å². The Balaban J connectivity index is 0.00000392. The Morgan fingerprint density at radius 1 is 1.04 bits per heavy atom. The van der Waals surface area contributed by atoms with Crippen LogP contribution in [0.4, 0.5) is 17.1 Å². The van der Waals surface area contributed by atoms with E-state index in [-0.39, 0.29) is 29.6 Å². The number of hydrogen-bond donors (Lipinski definition) is 3. The summed E-state index contributed by atoms with van der Waals surface area (Å²) in [5.74, 6) is -0.242. The van der Waals surface area contributed by atoms with Crippen molar-refractivity contribution in [1.82, 2.24) is 4.31 Å². The molecule has 4 N–H and O–H groups in total. The highest BCUT2D eigenvalue weighted by Gasteiger charge is 2.23. The Morgan fingerprint density at radius 2 is 1.64 bits per heavy atom. The summed E-state index contributed by atoms with van der Waals surface area (Å²) in [5.41, 5.74) is 8.16. The number of benzene rings is 2. The molecule has 0 aliphatic rings. The second-order valence-corrected chi connectivity index (χ2v) is 7.95. The van der Waals surface area contributed by atoms with Gasteiger partial charge in [0.15, 0.2) is 0 Å². The summed E-state index contributed by atoms with van der Waals surface area (Å²) in [6.07, 6.45) is 0.163. The van der Waals surface area contributed by atoms with E-state index >= 15 is 0 Å². The molecule has 0 fully saturated rings. The van der Waals surface area contributed by atoms with Crippen molar-refractivity contribution in [3.63, 3.8) is 0 Å². The zero-order chi connectivity index (χ0) is 20.0. The van der Waals surface area contributed by atoms with E-state index in [1.807, 2.05) is 0 Å². The van der Waals surface area contributed by atoms with Gasteiger partial charge in [-0.2, -0.15) is 4.31 Å². The SMILES string of the molecule is CCN(CC)S(=O)(=O)c1ccc(NC)c(NC(=O)Cc2ccc(N)cc2)c1.Cl. The van der Waals surface area contributed by atoms with Crippen molar-refractivity contribution in [2.24, 2.45) is 0 Å². The number of sulfonamides is 1. The third-order valence-corrected chi connectivity index (χ3v) is 6.27. The van der Waals surface area contributed by atoms with Gasteiger partial charge >= 0.3 is 0 Å². The topological polar surface area (TPSA) is 105 Å². The van der Waals surface area contributed by atoms with Gasteiger partial charge in [0.05, 0.1) is 22.7 Å². The quantitative estimate of drug-likeness (QED) is 0.563. The lowest BCUT2D eigenvalue weighted by atomic mass is 10.1. The number of carbonyl (C=O) groups is 1. The smallest absolute Gasteiger partial charge is 0.243 e. The molecule has 2 aromatic rings. The van der Waals surface area contributed by atoms with Gasteiger partial charge in [0.2, 0.25) is 15.9 Å². The molecule has 0 atom stereocenters. The maximum Gasteiger partial charge on any atom is 0.243 e. The van der Waals surface area contributed by atoms with E-state index in [1.54, 1.807) is 51.2 Å². The molecule has 0 aliphatic carbocycles. The van der Waals surface area contributed by atoms with Gasteiger partial charge in [-0.1, -0.05) is 26.0 Å². The van der Waals surface area contributed by atoms with Crippen molar-refractivity contribution in [2.75, 3.05) is 36.5 Å². The first kappa shape index (κ1) is 23.7. The van der Waals surface area contributed by atoms with Crippen LogP contribution in [0.5, 0.6) is 0 Å². The Kier molecular flexibility index (Phi) is 8.74. The Labute approximate surface area is 172 Å². The Hall–Kier alpha value is -2.29. The van der Waals surface area contributed by atoms with Crippen LogP contribution in [0, 0.1) is 0 Å². The standard InChI is InChI=1S/C19H26N4O3S.ClH/c1-4-23(5-2)27(25,26)16-10-11-17(21-3)18(13-16)22-19(24)12-14-6-8-15(20)9-7-14;/h6-11,13,21H,4-5,12,20H2,1-3H3,(H,22,24);1H. The highest BCUT2D eigenvalue weighted by molar-refractivity contribution is 7.89. The van der Waals surface area contributed by atoms with Crippen LogP contribution in [0.15, 0.2) is 47.4 Å². The molecule has 1 amide bonds. The molecule has 0 saturated carbocycles. The molecular weight excluding hydrogens is 400 g/mol. The first-order chi connectivity index (χ1) is 12.8. The van der Waals surface area contributed by atoms with Crippen LogP contribution in [0.1, 0.15) is 19.4 Å². The van der Waals surface area contributed by atoms with Crippen LogP contribution in [0.3, 0.4) is 0 Å². The molecule has 9 heteroatoms. The lowest BCUT2D eigenvalue weighted by Crippen LogP contribution is -2.30. The second kappa shape index (κ2) is 10.3. The summed E-state index contributed by atoms with van der Waals surface area (Å²) in [4.78, 5) is 12.6. The molecule has 0 heterocycles. The summed E-state index contributed by atoms with van der Waals surface area (Å²) in [7, 11) is -1.90. The number of hydrogen-bond acceptors (Lipinski definition) is 5. The summed E-state index contributed by atoms with van der Waals surface area (Å²) in [5, 5.41) is 5.76. The van der Waals surface area contributed by atoms with E-state index < -0.39 is 10.0 Å². The first-order valence-corrected chi connectivity index (χ1v) is 10.2. The third kappa shape index (κ3) is 5.60. The van der Waals surface area contributed by atoms with Crippen LogP contribution < -0.4 is 16.4 Å². The molecule has 2 aromatic carbocycles. The number of nitrogens with two attached hydrogens (primary N) is 1. The van der Waals surface area contributed by atoms with Gasteiger partial charge < -0.3 is 16.4 Å². The second-order valence-electron chi connectivity index (χ2n) is 6.01. The third-order valence-electron chi connectivity index (χ3n) is 4.22. The summed E-state index contributed by atoms with van der Waals surface area (Å²) in [6.45, 7) is 4.34. The molecule has 0 saturated heterocycles. The van der Waals surface area contributed by atoms with E-state index in [4.69, 9.17) is 5.73 Å². The number of nitrogens with one attached hydrogen (secondary N) is 2. The molecule has 28 heavy (non-hydrogen) atoms. The minimum Gasteiger partial charge on any atom is -0.399 e. The molecule has 0 aromatic heterocycles. The number of carbonyl (C=O) groups excluding carboxylic acids is 1. The minimum atomic E-state index is -3.61. The summed E-state index contributed by atoms with van der Waals surface area (Å²) < 4.78 is 26.8. The predicted octanol–water partition coefficient (Wildman–Crippen LogP) is 2.94. The molecule has 154 valence electrons. The lowest BCUT2D eigenvalue weighted by molar-refractivity contribution is -0.115. The minimum absolute atomic E-state index is 0. The van der Waals surface area contributed by atoms with Crippen molar-refractivity contribution in [2.45, 2.75) is 25.2 Å². The van der Waals surface area contributed by atoms with Gasteiger partial charge in [-0.3, -0.25) is 4.79 Å². The van der Waals surface area contributed by atoms with Crippen molar-refractivity contribution in [3.05, 3.63) is 48.0 Å². The maximum absolute atomic E-state index is 12.7. The lowest BCUT2D eigenvalue weighted by Gasteiger charge is -2.20. The highest BCUT2D eigenvalue weighted by Crippen LogP contribution is 2.27. The van der Waals surface area contributed by atoms with Gasteiger partial charge in [-0.05, 0) is 35.9 Å². The average Bonchev–Trinajstić information content (AvgIpc) is 2.64. The number of nitrogen functional groups attached to an aromatic ring is 1. The molecule has 7 nitrogen and oxygen atoms in total. The van der Waals surface area contributed by atoms with Gasteiger partial charge in [-0.25, -0.2) is 8.42 Å². The summed E-state index contributed by atoms with van der Waals surface area (Å²) in [6, 6.07) is 11.7. The van der Waals surface area contributed by atoms with Crippen molar-refractivity contribution < 1.29 is 13.2 Å². The van der Waals surface area contributed by atoms with E-state index in [0.29, 0.717) is 30.2 Å². The fourth-order valence-corrected chi connectivity index (χ4v) is 4.22. The molecule has 0 aliphatic heterocycles. The van der Waals surface area contributed by atoms with Crippen LogP contribution in [0.25, 0.3) is 0 Å². The molecule has 0 spiro atoms. The number of halogens is 1. The Morgan fingerprint density at radius 3 is 2.18 bits per heavy atom. The van der Waals surface area contributed by atoms with E-state index in [2.05, 4.69) is 10.6 Å². The molecule has 0 bridgehead atoms. The average molecular weight is 427 g/mol. The zero-order valence-electron chi connectivity index (χ0n) is 16.2. The fraction of sp³-hybridized carbons (Fsp3) is 0.316. The summed E-state index contributed by atoms with van der Waals surface area (Å²) >= 11 is 0. The number of amides is 1. The molecule has 2 rings (SSSR count). The van der Waals surface area contributed by atoms with E-state index in [1.165, 1.54) is 16.4 Å². The van der Waals surface area contributed by atoms with Crippen LogP contribution in [0.2, 0.25) is 0 Å². The van der Waals surface area contributed by atoms with Crippen LogP contribution in [-0.4, -0.2) is 38.8 Å². The predicted molar refractivity (Wildman–Crippen MR) is 117 cm³/mol. The molecule has 0 unspecified atom stereocenters. The molecular formula is C19H27ClN4O3S. The zero-order valence-corrected chi connectivity index (χ0v) is 17.9. The van der Waals surface area contributed by atoms with E-state index in [9.17, 15) is 13.2 Å². The number of rotatable bonds is 8. The van der Waals surface area contributed by atoms with Crippen molar-refractivity contribution >= 4 is 45.4 Å². The van der Waals surface area contributed by atoms with Crippen molar-refractivity contribution in [1.29, 1.82) is 0 Å². The maximum atomic E-state index is 12.7. The van der Waals surface area contributed by atoms with E-state index in [0.717, 1.165) is 5.56 Å². The molecule has 0 radical (unpaired) electrons.